The van der Waals surface area contributed by atoms with Crippen LogP contribution >= 0.6 is 11.3 Å². The maximum Gasteiger partial charge on any atom is 0.427 e. The second kappa shape index (κ2) is 3.61. The van der Waals surface area contributed by atoms with Crippen LogP contribution in [-0.2, 0) is 11.3 Å². The molecule has 1 atom stereocenters. The number of carboxylic acid groups (broad SMARTS) is 1. The second-order valence-corrected chi connectivity index (χ2v) is 3.20. The highest BCUT2D eigenvalue weighted by Gasteiger charge is 2.21. The molecule has 66 valence electrons. The van der Waals surface area contributed by atoms with Crippen LogP contribution in [0.3, 0.4) is 0 Å². The molecule has 0 saturated carbocycles. The van der Waals surface area contributed by atoms with Gasteiger partial charge in [-0.25, -0.2) is 14.0 Å². The van der Waals surface area contributed by atoms with Crippen LogP contribution < -0.4 is 4.31 Å². The quantitative estimate of drug-likeness (QED) is 0.700. The molecule has 1 aromatic rings. The lowest BCUT2D eigenvalue weighted by molar-refractivity contribution is 0.206. The average molecular weight is 208 g/mol. The molecule has 0 aliphatic carbocycles. The minimum absolute atomic E-state index is 0.0478. The Bertz CT molecular complexity index is 284. The Balaban J connectivity index is 2.96. The summed E-state index contributed by atoms with van der Waals surface area (Å²) in [6.07, 6.45) is -1.51. The van der Waals surface area contributed by atoms with Gasteiger partial charge in [0.15, 0.2) is 5.82 Å². The van der Waals surface area contributed by atoms with Crippen LogP contribution in [0.5, 0.6) is 0 Å². The smallest absolute Gasteiger partial charge is 0.427 e. The van der Waals surface area contributed by atoms with Gasteiger partial charge in [-0.2, -0.15) is 4.31 Å². The third-order valence-electron chi connectivity index (χ3n) is 0.957. The van der Waals surface area contributed by atoms with Gasteiger partial charge in [0, 0.05) is 5.38 Å². The highest BCUT2D eigenvalue weighted by Crippen LogP contribution is 2.14. The molecule has 1 unspecified atom stereocenters. The minimum atomic E-state index is -2.58. The van der Waals surface area contributed by atoms with Crippen molar-refractivity contribution in [2.24, 2.45) is 0 Å². The van der Waals surface area contributed by atoms with E-state index < -0.39 is 17.4 Å². The lowest BCUT2D eigenvalue weighted by Crippen LogP contribution is -2.30. The van der Waals surface area contributed by atoms with Crippen LogP contribution in [0.2, 0.25) is 0 Å². The van der Waals surface area contributed by atoms with Crippen molar-refractivity contribution in [3.05, 3.63) is 10.9 Å². The predicted molar refractivity (Wildman–Crippen MR) is 43.4 cm³/mol. The van der Waals surface area contributed by atoms with Gasteiger partial charge in [-0.05, 0) is 0 Å². The van der Waals surface area contributed by atoms with Crippen molar-refractivity contribution < 1.29 is 18.7 Å². The van der Waals surface area contributed by atoms with Crippen molar-refractivity contribution in [3.8, 4) is 0 Å². The summed E-state index contributed by atoms with van der Waals surface area (Å²) in [5, 5.41) is 9.82. The largest absolute Gasteiger partial charge is 0.464 e. The molecule has 6 nitrogen and oxygen atoms in total. The third-order valence-corrected chi connectivity index (χ3v) is 2.19. The number of hydrogen-bond donors (Lipinski definition) is 2. The molecule has 0 aromatic carbocycles. The molecule has 0 radical (unpaired) electrons. The molecule has 12 heavy (non-hydrogen) atoms. The molecule has 0 fully saturated rings. The first-order valence-corrected chi connectivity index (χ1v) is 4.66. The number of rotatable bonds is 2. The van der Waals surface area contributed by atoms with Gasteiger partial charge >= 0.3 is 6.09 Å². The summed E-state index contributed by atoms with van der Waals surface area (Å²) in [7, 11) is 0. The highest BCUT2D eigenvalue weighted by atomic mass is 32.2. The third kappa shape index (κ3) is 1.78. The van der Waals surface area contributed by atoms with Crippen LogP contribution in [-0.4, -0.2) is 24.9 Å². The number of aromatic nitrogens is 1. The van der Waals surface area contributed by atoms with Gasteiger partial charge in [-0.1, -0.05) is 0 Å². The van der Waals surface area contributed by atoms with E-state index in [0.717, 1.165) is 11.3 Å². The fourth-order valence-corrected chi connectivity index (χ4v) is 1.53. The van der Waals surface area contributed by atoms with Gasteiger partial charge in [-0.3, -0.25) is 4.55 Å². The number of thiazole rings is 1. The Labute approximate surface area is 73.9 Å². The van der Waals surface area contributed by atoms with E-state index in [9.17, 15) is 9.00 Å². The van der Waals surface area contributed by atoms with Crippen LogP contribution in [0.1, 0.15) is 0 Å². The van der Waals surface area contributed by atoms with Gasteiger partial charge < -0.3 is 5.11 Å². The van der Waals surface area contributed by atoms with E-state index in [2.05, 4.69) is 4.98 Å². The predicted octanol–water partition coefficient (Wildman–Crippen LogP) is 0.764. The molecule has 0 saturated heterocycles. The van der Waals surface area contributed by atoms with Gasteiger partial charge in [0.2, 0.25) is 0 Å². The number of amides is 1. The van der Waals surface area contributed by atoms with Crippen LogP contribution in [0.4, 0.5) is 10.6 Å². The van der Waals surface area contributed by atoms with E-state index in [4.69, 9.17) is 9.66 Å². The lowest BCUT2D eigenvalue weighted by Gasteiger charge is -2.09. The Hall–Kier alpha value is -0.990. The summed E-state index contributed by atoms with van der Waals surface area (Å²) in [5.41, 5.74) is 1.37. The van der Waals surface area contributed by atoms with Crippen molar-refractivity contribution in [2.45, 2.75) is 0 Å². The molecule has 1 aromatic heterocycles. The molecule has 8 heteroatoms. The van der Waals surface area contributed by atoms with Crippen molar-refractivity contribution in [1.82, 2.24) is 4.98 Å². The average Bonchev–Trinajstić information content (AvgIpc) is 2.37. The van der Waals surface area contributed by atoms with E-state index >= 15 is 0 Å². The van der Waals surface area contributed by atoms with Crippen LogP contribution in [0.25, 0.3) is 0 Å². The number of anilines is 1. The number of hydrogen-bond acceptors (Lipinski definition) is 4. The fourth-order valence-electron chi connectivity index (χ4n) is 0.551. The van der Waals surface area contributed by atoms with Gasteiger partial charge in [0.05, 0.1) is 5.51 Å². The van der Waals surface area contributed by atoms with Crippen molar-refractivity contribution >= 4 is 34.5 Å². The van der Waals surface area contributed by atoms with Gasteiger partial charge in [0.25, 0.3) is 11.3 Å². The molecule has 2 N–H and O–H groups in total. The monoisotopic (exact) mass is 208 g/mol. The van der Waals surface area contributed by atoms with E-state index in [1.807, 2.05) is 0 Å². The summed E-state index contributed by atoms with van der Waals surface area (Å²) in [4.78, 5) is 13.9. The Morgan fingerprint density at radius 1 is 1.75 bits per heavy atom. The SMILES string of the molecule is O=C(O)N(c1cscn1)S(=O)O. The van der Waals surface area contributed by atoms with E-state index in [-0.39, 0.29) is 10.1 Å². The van der Waals surface area contributed by atoms with Gasteiger partial charge in [0.1, 0.15) is 0 Å². The Morgan fingerprint density at radius 3 is 2.75 bits per heavy atom. The molecule has 1 amide bonds. The van der Waals surface area contributed by atoms with E-state index in [0.29, 0.717) is 0 Å². The second-order valence-electron chi connectivity index (χ2n) is 1.65. The zero-order valence-corrected chi connectivity index (χ0v) is 7.21. The summed E-state index contributed by atoms with van der Waals surface area (Å²) in [5.74, 6) is -0.0478. The zero-order chi connectivity index (χ0) is 9.14. The molecule has 1 heterocycles. The summed E-state index contributed by atoms with van der Waals surface area (Å²) >= 11 is -1.44. The van der Waals surface area contributed by atoms with Crippen LogP contribution in [0.15, 0.2) is 10.9 Å². The normalized spacial score (nSPS) is 12.4. The van der Waals surface area contributed by atoms with Crippen molar-refractivity contribution in [3.63, 3.8) is 0 Å². The maximum absolute atomic E-state index is 10.5. The molecule has 1 rings (SSSR count). The summed E-state index contributed by atoms with van der Waals surface area (Å²) in [6.45, 7) is 0. The fraction of sp³-hybridized carbons (Fsp3) is 0. The number of nitrogens with zero attached hydrogens (tertiary/aromatic N) is 2. The minimum Gasteiger partial charge on any atom is -0.464 e. The summed E-state index contributed by atoms with van der Waals surface area (Å²) in [6, 6.07) is 0. The van der Waals surface area contributed by atoms with Crippen molar-refractivity contribution in [2.75, 3.05) is 4.31 Å². The Morgan fingerprint density at radius 2 is 2.42 bits per heavy atom. The maximum atomic E-state index is 10.5. The van der Waals surface area contributed by atoms with Crippen molar-refractivity contribution in [1.29, 1.82) is 0 Å². The lowest BCUT2D eigenvalue weighted by atomic mass is 10.8. The topological polar surface area (TPSA) is 90.7 Å². The first-order valence-electron chi connectivity index (χ1n) is 2.65. The summed E-state index contributed by atoms with van der Waals surface area (Å²) < 4.78 is 19.3. The highest BCUT2D eigenvalue weighted by molar-refractivity contribution is 7.81. The standard InChI is InChI=1S/C4H4N2O4S2/c7-4(8)6(12(9)10)3-1-11-2-5-3/h1-2H,(H,7,8)(H,9,10). The molecule has 0 bridgehead atoms. The Kier molecular flexibility index (Phi) is 2.74. The molecule has 0 aliphatic heterocycles. The van der Waals surface area contributed by atoms with Crippen LogP contribution in [0, 0.1) is 0 Å². The molecular weight excluding hydrogens is 204 g/mol. The molecular formula is C4H4N2O4S2. The first-order chi connectivity index (χ1) is 5.63. The number of carbonyl (C=O) groups is 1. The molecule has 0 aliphatic rings. The van der Waals surface area contributed by atoms with E-state index in [1.54, 1.807) is 0 Å². The zero-order valence-electron chi connectivity index (χ0n) is 5.58. The molecule has 0 spiro atoms. The first kappa shape index (κ1) is 9.10. The van der Waals surface area contributed by atoms with E-state index in [1.165, 1.54) is 10.9 Å². The van der Waals surface area contributed by atoms with Gasteiger partial charge in [-0.15, -0.1) is 11.3 Å².